The summed E-state index contributed by atoms with van der Waals surface area (Å²) in [4.78, 5) is 16.9. The number of esters is 1. The molecule has 4 heteroatoms. The van der Waals surface area contributed by atoms with Crippen LogP contribution in [0.15, 0.2) is 0 Å². The normalized spacial score (nSPS) is 34.9. The van der Waals surface area contributed by atoms with Gasteiger partial charge in [-0.05, 0) is 13.8 Å². The molecule has 1 heterocycles. The lowest BCUT2D eigenvalue weighted by atomic mass is 9.85. The van der Waals surface area contributed by atoms with Crippen molar-refractivity contribution in [2.24, 2.45) is 5.41 Å². The molecule has 0 aromatic heterocycles. The minimum absolute atomic E-state index is 0.0740. The highest BCUT2D eigenvalue weighted by molar-refractivity contribution is 5.77. The Labute approximate surface area is 78.8 Å². The van der Waals surface area contributed by atoms with E-state index < -0.39 is 5.41 Å². The van der Waals surface area contributed by atoms with Gasteiger partial charge in [-0.15, -0.1) is 0 Å². The molecule has 0 aliphatic carbocycles. The fourth-order valence-corrected chi connectivity index (χ4v) is 1.59. The van der Waals surface area contributed by atoms with E-state index in [-0.39, 0.29) is 12.0 Å². The number of carbonyl (C=O) groups excluding carboxylic acids is 1. The number of methoxy groups -OCH3 is 1. The fourth-order valence-electron chi connectivity index (χ4n) is 1.59. The fraction of sp³-hybridized carbons (Fsp3) is 0.889. The molecule has 0 bridgehead atoms. The van der Waals surface area contributed by atoms with Gasteiger partial charge in [-0.2, -0.15) is 5.06 Å². The maximum Gasteiger partial charge on any atom is 0.315 e. The molecule has 0 aromatic rings. The van der Waals surface area contributed by atoms with Gasteiger partial charge in [0, 0.05) is 6.54 Å². The summed E-state index contributed by atoms with van der Waals surface area (Å²) < 4.78 is 4.75. The zero-order chi connectivity index (χ0) is 10.1. The predicted molar refractivity (Wildman–Crippen MR) is 47.9 cm³/mol. The number of hydrogen-bond acceptors (Lipinski definition) is 4. The number of carbonyl (C=O) groups is 1. The second-order valence-electron chi connectivity index (χ2n) is 3.59. The number of rotatable bonds is 2. The van der Waals surface area contributed by atoms with Crippen molar-refractivity contribution in [3.63, 3.8) is 0 Å². The monoisotopic (exact) mass is 187 g/mol. The standard InChI is InChI=1S/C9H17NO3/c1-5-10-7(2)9(3,6-13-10)8(11)12-4/h7H,5-6H2,1-4H3/t7-,9-/m0/s1. The topological polar surface area (TPSA) is 38.8 Å². The van der Waals surface area contributed by atoms with Crippen LogP contribution in [-0.4, -0.2) is 37.3 Å². The summed E-state index contributed by atoms with van der Waals surface area (Å²) in [5.41, 5.74) is -0.523. The number of ether oxygens (including phenoxy) is 1. The van der Waals surface area contributed by atoms with Gasteiger partial charge >= 0.3 is 5.97 Å². The van der Waals surface area contributed by atoms with Crippen LogP contribution in [0.25, 0.3) is 0 Å². The number of hydrogen-bond donors (Lipinski definition) is 0. The van der Waals surface area contributed by atoms with Gasteiger partial charge in [-0.1, -0.05) is 6.92 Å². The summed E-state index contributed by atoms with van der Waals surface area (Å²) in [6.45, 7) is 7.05. The maximum absolute atomic E-state index is 11.5. The Balaban J connectivity index is 2.76. The summed E-state index contributed by atoms with van der Waals surface area (Å²) in [7, 11) is 1.41. The summed E-state index contributed by atoms with van der Waals surface area (Å²) in [6, 6.07) is 0.0740. The average Bonchev–Trinajstić information content (AvgIpc) is 2.43. The third-order valence-corrected chi connectivity index (χ3v) is 2.85. The van der Waals surface area contributed by atoms with Crippen molar-refractivity contribution in [3.8, 4) is 0 Å². The zero-order valence-corrected chi connectivity index (χ0v) is 8.66. The van der Waals surface area contributed by atoms with Crippen molar-refractivity contribution in [1.82, 2.24) is 5.06 Å². The number of nitrogens with zero attached hydrogens (tertiary/aromatic N) is 1. The molecule has 1 fully saturated rings. The third kappa shape index (κ3) is 1.56. The predicted octanol–water partition coefficient (Wildman–Crippen LogP) is 0.821. The Kier molecular flexibility index (Phi) is 2.93. The molecule has 0 amide bonds. The molecule has 1 aliphatic heterocycles. The Bertz CT molecular complexity index is 207. The van der Waals surface area contributed by atoms with Gasteiger partial charge < -0.3 is 4.74 Å². The van der Waals surface area contributed by atoms with Gasteiger partial charge in [0.1, 0.15) is 5.41 Å². The van der Waals surface area contributed by atoms with Crippen LogP contribution >= 0.6 is 0 Å². The lowest BCUT2D eigenvalue weighted by molar-refractivity contribution is -0.152. The Hall–Kier alpha value is -0.610. The van der Waals surface area contributed by atoms with Crippen LogP contribution in [-0.2, 0) is 14.4 Å². The first-order valence-electron chi connectivity index (χ1n) is 4.54. The SMILES string of the molecule is CCN1OC[C@](C)(C(=O)OC)[C@@H]1C. The molecule has 1 saturated heterocycles. The van der Waals surface area contributed by atoms with Gasteiger partial charge in [0.05, 0.1) is 19.8 Å². The van der Waals surface area contributed by atoms with Crippen LogP contribution in [0.4, 0.5) is 0 Å². The minimum atomic E-state index is -0.523. The largest absolute Gasteiger partial charge is 0.468 e. The van der Waals surface area contributed by atoms with Crippen LogP contribution in [0, 0.1) is 5.41 Å². The summed E-state index contributed by atoms with van der Waals surface area (Å²) >= 11 is 0. The molecule has 76 valence electrons. The quantitative estimate of drug-likeness (QED) is 0.600. The molecular weight excluding hydrogens is 170 g/mol. The summed E-state index contributed by atoms with van der Waals surface area (Å²) in [5, 5.41) is 1.82. The van der Waals surface area contributed by atoms with E-state index >= 15 is 0 Å². The molecular formula is C9H17NO3. The Morgan fingerprint density at radius 2 is 2.38 bits per heavy atom. The van der Waals surface area contributed by atoms with Gasteiger partial charge in [0.2, 0.25) is 0 Å². The van der Waals surface area contributed by atoms with Crippen LogP contribution in [0.2, 0.25) is 0 Å². The lowest BCUT2D eigenvalue weighted by Crippen LogP contribution is -2.42. The van der Waals surface area contributed by atoms with Crippen LogP contribution in [0.5, 0.6) is 0 Å². The van der Waals surface area contributed by atoms with Crippen LogP contribution < -0.4 is 0 Å². The second-order valence-corrected chi connectivity index (χ2v) is 3.59. The molecule has 2 atom stereocenters. The van der Waals surface area contributed by atoms with Crippen molar-refractivity contribution in [2.75, 3.05) is 20.3 Å². The van der Waals surface area contributed by atoms with Gasteiger partial charge in [-0.25, -0.2) is 0 Å². The van der Waals surface area contributed by atoms with Crippen molar-refractivity contribution in [2.45, 2.75) is 26.8 Å². The van der Waals surface area contributed by atoms with E-state index in [1.807, 2.05) is 25.8 Å². The van der Waals surface area contributed by atoms with Crippen molar-refractivity contribution >= 4 is 5.97 Å². The maximum atomic E-state index is 11.5. The first-order valence-corrected chi connectivity index (χ1v) is 4.54. The van der Waals surface area contributed by atoms with Crippen molar-refractivity contribution in [1.29, 1.82) is 0 Å². The van der Waals surface area contributed by atoms with E-state index in [1.165, 1.54) is 7.11 Å². The highest BCUT2D eigenvalue weighted by atomic mass is 16.7. The second kappa shape index (κ2) is 3.64. The number of hydroxylamine groups is 2. The molecule has 0 N–H and O–H groups in total. The first-order chi connectivity index (χ1) is 6.06. The first kappa shape index (κ1) is 10.5. The van der Waals surface area contributed by atoms with E-state index in [0.29, 0.717) is 6.61 Å². The molecule has 1 aliphatic rings. The molecule has 0 unspecified atom stereocenters. The Morgan fingerprint density at radius 3 is 2.77 bits per heavy atom. The van der Waals surface area contributed by atoms with Gasteiger partial charge in [0.15, 0.2) is 0 Å². The molecule has 1 rings (SSSR count). The van der Waals surface area contributed by atoms with Crippen LogP contribution in [0.3, 0.4) is 0 Å². The van der Waals surface area contributed by atoms with Gasteiger partial charge in [0.25, 0.3) is 0 Å². The molecule has 0 saturated carbocycles. The van der Waals surface area contributed by atoms with Gasteiger partial charge in [-0.3, -0.25) is 9.63 Å². The van der Waals surface area contributed by atoms with E-state index in [4.69, 9.17) is 9.57 Å². The van der Waals surface area contributed by atoms with E-state index in [9.17, 15) is 4.79 Å². The van der Waals surface area contributed by atoms with E-state index in [0.717, 1.165) is 6.54 Å². The molecule has 13 heavy (non-hydrogen) atoms. The highest BCUT2D eigenvalue weighted by Gasteiger charge is 2.48. The van der Waals surface area contributed by atoms with Crippen molar-refractivity contribution in [3.05, 3.63) is 0 Å². The summed E-state index contributed by atoms with van der Waals surface area (Å²) in [6.07, 6.45) is 0. The average molecular weight is 187 g/mol. The highest BCUT2D eigenvalue weighted by Crippen LogP contribution is 2.33. The van der Waals surface area contributed by atoms with E-state index in [1.54, 1.807) is 0 Å². The molecule has 0 aromatic carbocycles. The lowest BCUT2D eigenvalue weighted by Gasteiger charge is -2.26. The molecule has 0 radical (unpaired) electrons. The van der Waals surface area contributed by atoms with Crippen molar-refractivity contribution < 1.29 is 14.4 Å². The third-order valence-electron chi connectivity index (χ3n) is 2.85. The zero-order valence-electron chi connectivity index (χ0n) is 8.66. The van der Waals surface area contributed by atoms with Crippen LogP contribution in [0.1, 0.15) is 20.8 Å². The molecule has 0 spiro atoms. The summed E-state index contributed by atoms with van der Waals surface area (Å²) in [5.74, 6) is -0.198. The molecule has 4 nitrogen and oxygen atoms in total. The smallest absolute Gasteiger partial charge is 0.315 e. The Morgan fingerprint density at radius 1 is 1.77 bits per heavy atom. The van der Waals surface area contributed by atoms with E-state index in [2.05, 4.69) is 0 Å². The minimum Gasteiger partial charge on any atom is -0.468 e.